The van der Waals surface area contributed by atoms with E-state index in [2.05, 4.69) is 18.8 Å². The molecule has 0 spiro atoms. The minimum Gasteiger partial charge on any atom is -0.445 e. The Bertz CT molecular complexity index is 732. The molecule has 4 heteroatoms. The molecule has 3 rings (SSSR count). The van der Waals surface area contributed by atoms with Gasteiger partial charge < -0.3 is 9.32 Å². The lowest BCUT2D eigenvalue weighted by atomic mass is 9.83. The number of fused-ring (bicyclic) bond motifs is 1. The van der Waals surface area contributed by atoms with Gasteiger partial charge in [-0.1, -0.05) is 44.2 Å². The fourth-order valence-electron chi connectivity index (χ4n) is 3.32. The van der Waals surface area contributed by atoms with Crippen molar-refractivity contribution in [2.24, 2.45) is 5.92 Å². The van der Waals surface area contributed by atoms with E-state index in [0.717, 1.165) is 42.2 Å². The van der Waals surface area contributed by atoms with Crippen molar-refractivity contribution in [1.29, 1.82) is 0 Å². The first-order chi connectivity index (χ1) is 11.9. The summed E-state index contributed by atoms with van der Waals surface area (Å²) in [4.78, 5) is 19.7. The molecule has 1 aromatic carbocycles. The summed E-state index contributed by atoms with van der Waals surface area (Å²) in [6.45, 7) is 9.65. The summed E-state index contributed by atoms with van der Waals surface area (Å²) < 4.78 is 5.91. The molecule has 0 saturated heterocycles. The topological polar surface area (TPSA) is 46.3 Å². The largest absolute Gasteiger partial charge is 0.445 e. The van der Waals surface area contributed by atoms with Gasteiger partial charge in [-0.25, -0.2) is 4.98 Å². The van der Waals surface area contributed by atoms with Crippen LogP contribution in [0.2, 0.25) is 0 Å². The Hall–Kier alpha value is -2.10. The summed E-state index contributed by atoms with van der Waals surface area (Å²) in [5.41, 5.74) is 1.44. The van der Waals surface area contributed by atoms with E-state index in [4.69, 9.17) is 4.42 Å². The molecule has 1 aromatic heterocycles. The van der Waals surface area contributed by atoms with E-state index in [1.165, 1.54) is 0 Å². The fourth-order valence-corrected chi connectivity index (χ4v) is 3.32. The number of hydrogen-bond acceptors (Lipinski definition) is 3. The number of oxazole rings is 1. The quantitative estimate of drug-likeness (QED) is 0.822. The molecule has 2 aromatic rings. The molecule has 0 radical (unpaired) electrons. The average Bonchev–Trinajstić information content (AvgIpc) is 3.02. The van der Waals surface area contributed by atoms with Crippen molar-refractivity contribution in [3.8, 4) is 0 Å². The van der Waals surface area contributed by atoms with Gasteiger partial charge in [-0.05, 0) is 31.7 Å². The number of hydrogen-bond donors (Lipinski definition) is 0. The molecule has 0 saturated carbocycles. The Balaban J connectivity index is 1.73. The molecule has 0 bridgehead atoms. The maximum Gasteiger partial charge on any atom is 0.233 e. The highest BCUT2D eigenvalue weighted by Crippen LogP contribution is 2.29. The first-order valence-electron chi connectivity index (χ1n) is 9.20. The third-order valence-corrected chi connectivity index (χ3v) is 5.02. The highest BCUT2D eigenvalue weighted by Gasteiger charge is 2.36. The number of nitrogens with zero attached hydrogens (tertiary/aromatic N) is 2. The summed E-state index contributed by atoms with van der Waals surface area (Å²) in [5, 5.41) is 0. The van der Waals surface area contributed by atoms with Crippen LogP contribution in [0.15, 0.2) is 34.7 Å². The van der Waals surface area contributed by atoms with Crippen LogP contribution in [0.4, 0.5) is 0 Å². The van der Waals surface area contributed by atoms with E-state index >= 15 is 0 Å². The van der Waals surface area contributed by atoms with Crippen molar-refractivity contribution in [3.05, 3.63) is 53.2 Å². The lowest BCUT2D eigenvalue weighted by Gasteiger charge is -2.33. The summed E-state index contributed by atoms with van der Waals surface area (Å²) >= 11 is 0. The van der Waals surface area contributed by atoms with Crippen LogP contribution in [0, 0.1) is 5.92 Å². The van der Waals surface area contributed by atoms with E-state index < -0.39 is 5.41 Å². The predicted molar refractivity (Wildman–Crippen MR) is 98.3 cm³/mol. The second kappa shape index (κ2) is 7.03. The minimum absolute atomic E-state index is 0.149. The molecule has 1 aliphatic heterocycles. The molecule has 25 heavy (non-hydrogen) atoms. The van der Waals surface area contributed by atoms with Crippen LogP contribution >= 0.6 is 0 Å². The Morgan fingerprint density at radius 3 is 2.68 bits per heavy atom. The lowest BCUT2D eigenvalue weighted by molar-refractivity contribution is -0.137. The van der Waals surface area contributed by atoms with Crippen molar-refractivity contribution in [2.75, 3.05) is 6.54 Å². The van der Waals surface area contributed by atoms with Gasteiger partial charge in [-0.2, -0.15) is 0 Å². The molecule has 1 amide bonds. The first kappa shape index (κ1) is 17.7. The first-order valence-corrected chi connectivity index (χ1v) is 9.20. The van der Waals surface area contributed by atoms with Crippen LogP contribution in [-0.2, 0) is 29.6 Å². The number of carbonyl (C=O) groups excluding carboxylic acids is 1. The number of carbonyl (C=O) groups is 1. The van der Waals surface area contributed by atoms with Gasteiger partial charge in [0.15, 0.2) is 5.89 Å². The molecule has 0 aliphatic carbocycles. The summed E-state index contributed by atoms with van der Waals surface area (Å²) in [5.74, 6) is 2.56. The number of aromatic nitrogens is 1. The smallest absolute Gasteiger partial charge is 0.233 e. The SMILES string of the molecule is CC(C)CCc1nc2c(o1)CCN(C(=O)C(C)(C)c1ccccc1)C2. The van der Waals surface area contributed by atoms with Crippen molar-refractivity contribution in [3.63, 3.8) is 0 Å². The van der Waals surface area contributed by atoms with Crippen LogP contribution < -0.4 is 0 Å². The van der Waals surface area contributed by atoms with Gasteiger partial charge in [0.1, 0.15) is 11.5 Å². The Morgan fingerprint density at radius 2 is 2.00 bits per heavy atom. The zero-order valence-corrected chi connectivity index (χ0v) is 15.7. The van der Waals surface area contributed by atoms with Crippen molar-refractivity contribution < 1.29 is 9.21 Å². The third-order valence-electron chi connectivity index (χ3n) is 5.02. The standard InChI is InChI=1S/C21H28N2O2/c1-15(2)10-11-19-22-17-14-23(13-12-18(17)25-19)20(24)21(3,4)16-8-6-5-7-9-16/h5-9,15H,10-14H2,1-4H3. The number of amides is 1. The van der Waals surface area contributed by atoms with E-state index in [-0.39, 0.29) is 5.91 Å². The zero-order valence-electron chi connectivity index (χ0n) is 15.7. The summed E-state index contributed by atoms with van der Waals surface area (Å²) in [6, 6.07) is 9.99. The van der Waals surface area contributed by atoms with E-state index in [1.54, 1.807) is 0 Å². The Labute approximate surface area is 150 Å². The molecule has 0 N–H and O–H groups in total. The maximum absolute atomic E-state index is 13.1. The van der Waals surface area contributed by atoms with E-state index in [9.17, 15) is 4.79 Å². The minimum atomic E-state index is -0.539. The number of benzene rings is 1. The predicted octanol–water partition coefficient (Wildman–Crippen LogP) is 4.13. The monoisotopic (exact) mass is 340 g/mol. The van der Waals surface area contributed by atoms with Gasteiger partial charge in [-0.3, -0.25) is 4.79 Å². The molecular weight excluding hydrogens is 312 g/mol. The van der Waals surface area contributed by atoms with Crippen LogP contribution in [0.25, 0.3) is 0 Å². The normalized spacial score (nSPS) is 14.7. The summed E-state index contributed by atoms with van der Waals surface area (Å²) in [7, 11) is 0. The highest BCUT2D eigenvalue weighted by molar-refractivity contribution is 5.87. The van der Waals surface area contributed by atoms with Gasteiger partial charge in [0.25, 0.3) is 0 Å². The van der Waals surface area contributed by atoms with Crippen LogP contribution in [-0.4, -0.2) is 22.3 Å². The number of aryl methyl sites for hydroxylation is 1. The second-order valence-electron chi connectivity index (χ2n) is 7.88. The van der Waals surface area contributed by atoms with Crippen LogP contribution in [0.1, 0.15) is 57.0 Å². The lowest BCUT2D eigenvalue weighted by Crippen LogP contribution is -2.45. The molecule has 0 unspecified atom stereocenters. The molecule has 2 heterocycles. The van der Waals surface area contributed by atoms with E-state index in [0.29, 0.717) is 19.0 Å². The van der Waals surface area contributed by atoms with Crippen LogP contribution in [0.3, 0.4) is 0 Å². The van der Waals surface area contributed by atoms with Gasteiger partial charge in [0.2, 0.25) is 5.91 Å². The van der Waals surface area contributed by atoms with Gasteiger partial charge in [-0.15, -0.1) is 0 Å². The number of rotatable bonds is 5. The fraction of sp³-hybridized carbons (Fsp3) is 0.524. The van der Waals surface area contributed by atoms with Crippen molar-refractivity contribution >= 4 is 5.91 Å². The molecule has 1 aliphatic rings. The maximum atomic E-state index is 13.1. The summed E-state index contributed by atoms with van der Waals surface area (Å²) in [6.07, 6.45) is 2.69. The molecule has 4 nitrogen and oxygen atoms in total. The van der Waals surface area contributed by atoms with Crippen molar-refractivity contribution in [1.82, 2.24) is 9.88 Å². The van der Waals surface area contributed by atoms with Crippen LogP contribution in [0.5, 0.6) is 0 Å². The van der Waals surface area contributed by atoms with E-state index in [1.807, 2.05) is 49.1 Å². The molecule has 0 fully saturated rings. The Morgan fingerprint density at radius 1 is 1.28 bits per heavy atom. The molecule has 0 atom stereocenters. The highest BCUT2D eigenvalue weighted by atomic mass is 16.4. The Kier molecular flexibility index (Phi) is 4.98. The van der Waals surface area contributed by atoms with Crippen molar-refractivity contribution in [2.45, 2.75) is 58.9 Å². The van der Waals surface area contributed by atoms with Gasteiger partial charge in [0, 0.05) is 19.4 Å². The zero-order chi connectivity index (χ0) is 18.0. The molecule has 134 valence electrons. The average molecular weight is 340 g/mol. The van der Waals surface area contributed by atoms with Gasteiger partial charge in [0.05, 0.1) is 12.0 Å². The second-order valence-corrected chi connectivity index (χ2v) is 7.88. The molecular formula is C21H28N2O2. The third kappa shape index (κ3) is 3.78. The van der Waals surface area contributed by atoms with Gasteiger partial charge >= 0.3 is 0 Å².